The maximum Gasteiger partial charge on any atom is 0.251 e. The number of pyridine rings is 1. The molecule has 1 amide bonds. The third-order valence-electron chi connectivity index (χ3n) is 2.64. The number of thiazole rings is 1. The zero-order valence-corrected chi connectivity index (χ0v) is 14.1. The Morgan fingerprint density at radius 2 is 2.19 bits per heavy atom. The fourth-order valence-electron chi connectivity index (χ4n) is 1.64. The van der Waals surface area contributed by atoms with Crippen molar-refractivity contribution < 1.29 is 4.79 Å². The predicted molar refractivity (Wildman–Crippen MR) is 89.4 cm³/mol. The first-order chi connectivity index (χ1) is 9.10. The molecule has 1 unspecified atom stereocenters. The van der Waals surface area contributed by atoms with Gasteiger partial charge in [-0.05, 0) is 26.0 Å². The van der Waals surface area contributed by atoms with Gasteiger partial charge in [-0.3, -0.25) is 9.78 Å². The Hall–Kier alpha value is -1.21. The van der Waals surface area contributed by atoms with Gasteiger partial charge in [-0.25, -0.2) is 4.98 Å². The molecule has 0 radical (unpaired) electrons. The minimum Gasteiger partial charge on any atom is -0.343 e. The number of carbonyl (C=O) groups is 1. The average Bonchev–Trinajstić information content (AvgIpc) is 2.85. The molecule has 0 bridgehead atoms. The van der Waals surface area contributed by atoms with E-state index >= 15 is 0 Å². The summed E-state index contributed by atoms with van der Waals surface area (Å²) in [5.41, 5.74) is 7.74. The third-order valence-corrected chi connectivity index (χ3v) is 3.79. The summed E-state index contributed by atoms with van der Waals surface area (Å²) in [5.74, 6) is -0.141. The van der Waals surface area contributed by atoms with Gasteiger partial charge in [-0.2, -0.15) is 0 Å². The van der Waals surface area contributed by atoms with Crippen LogP contribution in [0, 0.1) is 6.92 Å². The summed E-state index contributed by atoms with van der Waals surface area (Å²) in [7, 11) is 0. The SMILES string of the molecule is Cc1csc(C(C)NC(=O)c2ccnc(CN)c2)n1.Cl.Cl. The number of amides is 1. The van der Waals surface area contributed by atoms with Gasteiger partial charge in [0.05, 0.1) is 11.7 Å². The molecule has 3 N–H and O–H groups in total. The molecule has 0 spiro atoms. The number of aromatic nitrogens is 2. The number of carbonyl (C=O) groups excluding carboxylic acids is 1. The molecule has 0 aliphatic carbocycles. The maximum atomic E-state index is 12.1. The van der Waals surface area contributed by atoms with Gasteiger partial charge in [0.25, 0.3) is 5.91 Å². The molecule has 8 heteroatoms. The highest BCUT2D eigenvalue weighted by Crippen LogP contribution is 2.17. The lowest BCUT2D eigenvalue weighted by Gasteiger charge is -2.11. The molecule has 0 aliphatic rings. The summed E-state index contributed by atoms with van der Waals surface area (Å²) in [6.07, 6.45) is 1.59. The summed E-state index contributed by atoms with van der Waals surface area (Å²) < 4.78 is 0. The molecule has 21 heavy (non-hydrogen) atoms. The Kier molecular flexibility index (Phi) is 8.43. The molecule has 0 aliphatic heterocycles. The summed E-state index contributed by atoms with van der Waals surface area (Å²) in [6.45, 7) is 4.18. The molecular weight excluding hydrogens is 331 g/mol. The molecular formula is C13H18Cl2N4OS. The van der Waals surface area contributed by atoms with Crippen LogP contribution in [0.15, 0.2) is 23.7 Å². The maximum absolute atomic E-state index is 12.1. The van der Waals surface area contributed by atoms with Crippen LogP contribution in [-0.2, 0) is 6.54 Å². The van der Waals surface area contributed by atoms with Crippen molar-refractivity contribution >= 4 is 42.1 Å². The van der Waals surface area contributed by atoms with Gasteiger partial charge in [-0.15, -0.1) is 36.2 Å². The predicted octanol–water partition coefficient (Wildman–Crippen LogP) is 2.64. The molecule has 116 valence electrons. The van der Waals surface area contributed by atoms with E-state index in [4.69, 9.17) is 5.73 Å². The lowest BCUT2D eigenvalue weighted by Crippen LogP contribution is -2.26. The van der Waals surface area contributed by atoms with Crippen molar-refractivity contribution in [1.29, 1.82) is 0 Å². The van der Waals surface area contributed by atoms with E-state index in [1.807, 2.05) is 19.2 Å². The second-order valence-electron chi connectivity index (χ2n) is 4.26. The van der Waals surface area contributed by atoms with Crippen LogP contribution in [0.5, 0.6) is 0 Å². The normalized spacial score (nSPS) is 11.0. The highest BCUT2D eigenvalue weighted by Gasteiger charge is 2.14. The van der Waals surface area contributed by atoms with Gasteiger partial charge in [0.1, 0.15) is 5.01 Å². The molecule has 0 fully saturated rings. The van der Waals surface area contributed by atoms with E-state index < -0.39 is 0 Å². The number of nitrogens with one attached hydrogen (secondary N) is 1. The van der Waals surface area contributed by atoms with Crippen LogP contribution < -0.4 is 11.1 Å². The number of hydrogen-bond donors (Lipinski definition) is 2. The second kappa shape index (κ2) is 8.94. The molecule has 5 nitrogen and oxygen atoms in total. The molecule has 0 aromatic carbocycles. The Bertz CT molecular complexity index is 591. The Morgan fingerprint density at radius 1 is 1.48 bits per heavy atom. The van der Waals surface area contributed by atoms with Gasteiger partial charge in [0.15, 0.2) is 0 Å². The summed E-state index contributed by atoms with van der Waals surface area (Å²) in [5, 5.41) is 5.79. The van der Waals surface area contributed by atoms with Crippen molar-refractivity contribution in [2.24, 2.45) is 5.73 Å². The van der Waals surface area contributed by atoms with E-state index in [1.165, 1.54) is 0 Å². The third kappa shape index (κ3) is 5.24. The number of aryl methyl sites for hydroxylation is 1. The number of hydrogen-bond acceptors (Lipinski definition) is 5. The van der Waals surface area contributed by atoms with Crippen molar-refractivity contribution in [2.45, 2.75) is 26.4 Å². The Balaban J connectivity index is 0.00000200. The fourth-order valence-corrected chi connectivity index (χ4v) is 2.45. The minimum absolute atomic E-state index is 0. The van der Waals surface area contributed by atoms with E-state index in [0.29, 0.717) is 17.8 Å². The van der Waals surface area contributed by atoms with Crippen molar-refractivity contribution in [3.63, 3.8) is 0 Å². The van der Waals surface area contributed by atoms with Crippen molar-refractivity contribution in [2.75, 3.05) is 0 Å². The topological polar surface area (TPSA) is 80.9 Å². The van der Waals surface area contributed by atoms with Crippen LogP contribution >= 0.6 is 36.2 Å². The zero-order chi connectivity index (χ0) is 13.8. The van der Waals surface area contributed by atoms with Crippen LogP contribution in [0.3, 0.4) is 0 Å². The summed E-state index contributed by atoms with van der Waals surface area (Å²) in [4.78, 5) is 20.5. The van der Waals surface area contributed by atoms with Crippen molar-refractivity contribution in [1.82, 2.24) is 15.3 Å². The molecule has 0 saturated heterocycles. The number of nitrogens with zero attached hydrogens (tertiary/aromatic N) is 2. The van der Waals surface area contributed by atoms with Gasteiger partial charge in [0, 0.05) is 29.4 Å². The molecule has 2 rings (SSSR count). The second-order valence-corrected chi connectivity index (χ2v) is 5.15. The van der Waals surface area contributed by atoms with Crippen molar-refractivity contribution in [3.05, 3.63) is 45.7 Å². The summed E-state index contributed by atoms with van der Waals surface area (Å²) in [6, 6.07) is 3.27. The molecule has 2 aromatic rings. The molecule has 2 aromatic heterocycles. The van der Waals surface area contributed by atoms with Crippen molar-refractivity contribution in [3.8, 4) is 0 Å². The lowest BCUT2D eigenvalue weighted by molar-refractivity contribution is 0.0939. The van der Waals surface area contributed by atoms with E-state index in [2.05, 4.69) is 15.3 Å². The minimum atomic E-state index is -0.141. The molecule has 1 atom stereocenters. The van der Waals surface area contributed by atoms with Gasteiger partial charge in [0.2, 0.25) is 0 Å². The number of halogens is 2. The van der Waals surface area contributed by atoms with E-state index in [9.17, 15) is 4.79 Å². The smallest absolute Gasteiger partial charge is 0.251 e. The molecule has 0 saturated carbocycles. The molecule has 2 heterocycles. The first-order valence-corrected chi connectivity index (χ1v) is 6.86. The monoisotopic (exact) mass is 348 g/mol. The zero-order valence-electron chi connectivity index (χ0n) is 11.7. The number of nitrogens with two attached hydrogens (primary N) is 1. The van der Waals surface area contributed by atoms with E-state index in [0.717, 1.165) is 10.7 Å². The largest absolute Gasteiger partial charge is 0.343 e. The number of rotatable bonds is 4. The quantitative estimate of drug-likeness (QED) is 0.889. The van der Waals surface area contributed by atoms with Gasteiger partial charge >= 0.3 is 0 Å². The van der Waals surface area contributed by atoms with E-state index in [1.54, 1.807) is 29.7 Å². The fraction of sp³-hybridized carbons (Fsp3) is 0.308. The summed E-state index contributed by atoms with van der Waals surface area (Å²) >= 11 is 1.54. The highest BCUT2D eigenvalue weighted by molar-refractivity contribution is 7.09. The van der Waals surface area contributed by atoms with Crippen LogP contribution in [0.1, 0.15) is 39.7 Å². The van der Waals surface area contributed by atoms with Crippen LogP contribution in [0.4, 0.5) is 0 Å². The van der Waals surface area contributed by atoms with Crippen LogP contribution in [0.25, 0.3) is 0 Å². The first-order valence-electron chi connectivity index (χ1n) is 5.98. The van der Waals surface area contributed by atoms with Gasteiger partial charge in [-0.1, -0.05) is 0 Å². The standard InChI is InChI=1S/C13H16N4OS.2ClH/c1-8-7-19-13(16-8)9(2)17-12(18)10-3-4-15-11(5-10)6-14;;/h3-5,7,9H,6,14H2,1-2H3,(H,17,18);2*1H. The average molecular weight is 349 g/mol. The van der Waals surface area contributed by atoms with Gasteiger partial charge < -0.3 is 11.1 Å². The van der Waals surface area contributed by atoms with Crippen LogP contribution in [0.2, 0.25) is 0 Å². The first kappa shape index (κ1) is 19.8. The lowest BCUT2D eigenvalue weighted by atomic mass is 10.2. The van der Waals surface area contributed by atoms with Crippen LogP contribution in [-0.4, -0.2) is 15.9 Å². The highest BCUT2D eigenvalue weighted by atomic mass is 35.5. The Labute approximate surface area is 140 Å². The Morgan fingerprint density at radius 3 is 2.76 bits per heavy atom. The van der Waals surface area contributed by atoms with E-state index in [-0.39, 0.29) is 36.8 Å².